The van der Waals surface area contributed by atoms with Gasteiger partial charge >= 0.3 is 0 Å². The van der Waals surface area contributed by atoms with Crippen LogP contribution < -0.4 is 5.32 Å². The van der Waals surface area contributed by atoms with Gasteiger partial charge in [-0.2, -0.15) is 0 Å². The molecule has 0 bridgehead atoms. The standard InChI is InChI=1S/C14H20ClNO/c1-13(2)9-14(10-17,7-8-16-13)11-3-5-12(15)6-4-11/h3-6,16-17H,7-10H2,1-2H3. The van der Waals surface area contributed by atoms with Crippen LogP contribution in [0.15, 0.2) is 24.3 Å². The fourth-order valence-corrected chi connectivity index (χ4v) is 3.04. The molecule has 0 amide bonds. The van der Waals surface area contributed by atoms with Crippen LogP contribution in [0.3, 0.4) is 0 Å². The summed E-state index contributed by atoms with van der Waals surface area (Å²) in [5.74, 6) is 0. The maximum Gasteiger partial charge on any atom is 0.0529 e. The molecular formula is C14H20ClNO. The zero-order valence-corrected chi connectivity index (χ0v) is 11.2. The molecule has 0 aromatic heterocycles. The maximum atomic E-state index is 9.84. The molecule has 2 N–H and O–H groups in total. The quantitative estimate of drug-likeness (QED) is 0.850. The lowest BCUT2D eigenvalue weighted by Crippen LogP contribution is -2.53. The van der Waals surface area contributed by atoms with E-state index in [4.69, 9.17) is 11.6 Å². The molecular weight excluding hydrogens is 234 g/mol. The number of nitrogens with one attached hydrogen (secondary N) is 1. The third kappa shape index (κ3) is 2.65. The first kappa shape index (κ1) is 12.9. The lowest BCUT2D eigenvalue weighted by molar-refractivity contribution is 0.112. The minimum absolute atomic E-state index is 0.0701. The lowest BCUT2D eigenvalue weighted by Gasteiger charge is -2.45. The average molecular weight is 254 g/mol. The van der Waals surface area contributed by atoms with Crippen LogP contribution in [-0.4, -0.2) is 23.8 Å². The van der Waals surface area contributed by atoms with Crippen LogP contribution in [0.1, 0.15) is 32.3 Å². The molecule has 94 valence electrons. The molecule has 2 nitrogen and oxygen atoms in total. The molecule has 1 aliphatic heterocycles. The van der Waals surface area contributed by atoms with Gasteiger partial charge in [-0.05, 0) is 50.9 Å². The van der Waals surface area contributed by atoms with Crippen LogP contribution in [0.25, 0.3) is 0 Å². The molecule has 1 aliphatic rings. The van der Waals surface area contributed by atoms with Crippen LogP contribution >= 0.6 is 11.6 Å². The van der Waals surface area contributed by atoms with Gasteiger partial charge in [-0.3, -0.25) is 0 Å². The Morgan fingerprint density at radius 2 is 1.94 bits per heavy atom. The van der Waals surface area contributed by atoms with E-state index in [1.165, 1.54) is 5.56 Å². The van der Waals surface area contributed by atoms with Crippen molar-refractivity contribution < 1.29 is 5.11 Å². The second-order valence-corrected chi connectivity index (χ2v) is 6.12. The van der Waals surface area contributed by atoms with Crippen LogP contribution in [-0.2, 0) is 5.41 Å². The van der Waals surface area contributed by atoms with E-state index in [-0.39, 0.29) is 17.6 Å². The van der Waals surface area contributed by atoms with Gasteiger partial charge in [0.05, 0.1) is 6.61 Å². The molecule has 0 radical (unpaired) electrons. The number of piperidine rings is 1. The Bertz CT molecular complexity index is 388. The number of halogens is 1. The SMILES string of the molecule is CC1(C)CC(CO)(c2ccc(Cl)cc2)CCN1. The highest BCUT2D eigenvalue weighted by molar-refractivity contribution is 6.30. The molecule has 1 atom stereocenters. The van der Waals surface area contributed by atoms with E-state index in [9.17, 15) is 5.11 Å². The highest BCUT2D eigenvalue weighted by Gasteiger charge is 2.40. The Morgan fingerprint density at radius 3 is 2.47 bits per heavy atom. The molecule has 3 heteroatoms. The molecule has 1 aromatic carbocycles. The van der Waals surface area contributed by atoms with Crippen molar-refractivity contribution in [1.29, 1.82) is 0 Å². The summed E-state index contributed by atoms with van der Waals surface area (Å²) < 4.78 is 0. The third-order valence-corrected chi connectivity index (χ3v) is 4.00. The summed E-state index contributed by atoms with van der Waals surface area (Å²) in [6.45, 7) is 5.51. The van der Waals surface area contributed by atoms with Crippen molar-refractivity contribution in [3.63, 3.8) is 0 Å². The summed E-state index contributed by atoms with van der Waals surface area (Å²) in [5.41, 5.74) is 1.14. The lowest BCUT2D eigenvalue weighted by atomic mass is 9.68. The highest BCUT2D eigenvalue weighted by atomic mass is 35.5. The number of benzene rings is 1. The van der Waals surface area contributed by atoms with Crippen LogP contribution in [0, 0.1) is 0 Å². The van der Waals surface area contributed by atoms with Gasteiger partial charge in [0.25, 0.3) is 0 Å². The van der Waals surface area contributed by atoms with Gasteiger partial charge < -0.3 is 10.4 Å². The molecule has 1 fully saturated rings. The smallest absolute Gasteiger partial charge is 0.0529 e. The molecule has 0 spiro atoms. The summed E-state index contributed by atoms with van der Waals surface area (Å²) >= 11 is 5.92. The molecule has 0 aliphatic carbocycles. The molecule has 1 unspecified atom stereocenters. The first-order valence-electron chi connectivity index (χ1n) is 6.09. The Kier molecular flexibility index (Phi) is 3.48. The van der Waals surface area contributed by atoms with Crippen molar-refractivity contribution in [2.75, 3.05) is 13.2 Å². The van der Waals surface area contributed by atoms with E-state index in [0.29, 0.717) is 0 Å². The van der Waals surface area contributed by atoms with Crippen LogP contribution in [0.4, 0.5) is 0 Å². The Morgan fingerprint density at radius 1 is 1.29 bits per heavy atom. The normalized spacial score (nSPS) is 28.0. The van der Waals surface area contributed by atoms with Gasteiger partial charge in [0.15, 0.2) is 0 Å². The van der Waals surface area contributed by atoms with Crippen molar-refractivity contribution in [2.45, 2.75) is 37.6 Å². The van der Waals surface area contributed by atoms with Crippen LogP contribution in [0.5, 0.6) is 0 Å². The first-order chi connectivity index (χ1) is 7.97. The third-order valence-electron chi connectivity index (χ3n) is 3.75. The van der Waals surface area contributed by atoms with Gasteiger partial charge in [-0.15, -0.1) is 0 Å². The van der Waals surface area contributed by atoms with Crippen molar-refractivity contribution in [3.8, 4) is 0 Å². The van der Waals surface area contributed by atoms with Gasteiger partial charge in [0, 0.05) is 16.0 Å². The molecule has 17 heavy (non-hydrogen) atoms. The molecule has 1 aromatic rings. The molecule has 1 saturated heterocycles. The zero-order chi connectivity index (χ0) is 12.5. The van der Waals surface area contributed by atoms with E-state index < -0.39 is 0 Å². The van der Waals surface area contributed by atoms with Crippen molar-refractivity contribution in [1.82, 2.24) is 5.32 Å². The topological polar surface area (TPSA) is 32.3 Å². The minimum atomic E-state index is -0.126. The summed E-state index contributed by atoms with van der Waals surface area (Å²) in [5, 5.41) is 14.1. The summed E-state index contributed by atoms with van der Waals surface area (Å²) in [4.78, 5) is 0. The van der Waals surface area contributed by atoms with Crippen molar-refractivity contribution in [2.24, 2.45) is 0 Å². The fraction of sp³-hybridized carbons (Fsp3) is 0.571. The molecule has 1 heterocycles. The highest BCUT2D eigenvalue weighted by Crippen LogP contribution is 2.38. The Labute approximate surface area is 108 Å². The predicted octanol–water partition coefficient (Wildman–Crippen LogP) is 2.73. The summed E-state index contributed by atoms with van der Waals surface area (Å²) in [6, 6.07) is 7.90. The number of rotatable bonds is 2. The number of hydrogen-bond donors (Lipinski definition) is 2. The summed E-state index contributed by atoms with van der Waals surface area (Å²) in [7, 11) is 0. The Hall–Kier alpha value is -0.570. The van der Waals surface area contributed by atoms with Gasteiger partial charge in [-0.1, -0.05) is 23.7 Å². The van der Waals surface area contributed by atoms with E-state index in [1.807, 2.05) is 24.3 Å². The Balaban J connectivity index is 2.33. The first-order valence-corrected chi connectivity index (χ1v) is 6.47. The van der Waals surface area contributed by atoms with Crippen molar-refractivity contribution >= 4 is 11.6 Å². The largest absolute Gasteiger partial charge is 0.395 e. The maximum absolute atomic E-state index is 9.84. The van der Waals surface area contributed by atoms with Crippen LogP contribution in [0.2, 0.25) is 5.02 Å². The second-order valence-electron chi connectivity index (χ2n) is 5.68. The summed E-state index contributed by atoms with van der Waals surface area (Å²) in [6.07, 6.45) is 1.91. The van der Waals surface area contributed by atoms with E-state index >= 15 is 0 Å². The minimum Gasteiger partial charge on any atom is -0.395 e. The van der Waals surface area contributed by atoms with Gasteiger partial charge in [-0.25, -0.2) is 0 Å². The van der Waals surface area contributed by atoms with Gasteiger partial charge in [0.1, 0.15) is 0 Å². The number of aliphatic hydroxyl groups is 1. The zero-order valence-electron chi connectivity index (χ0n) is 10.5. The van der Waals surface area contributed by atoms with Crippen molar-refractivity contribution in [3.05, 3.63) is 34.9 Å². The van der Waals surface area contributed by atoms with E-state index in [1.54, 1.807) is 0 Å². The van der Waals surface area contributed by atoms with E-state index in [2.05, 4.69) is 19.2 Å². The number of aliphatic hydroxyl groups excluding tert-OH is 1. The second kappa shape index (κ2) is 4.60. The molecule has 2 rings (SSSR count). The monoisotopic (exact) mass is 253 g/mol. The molecule has 0 saturated carbocycles. The average Bonchev–Trinajstić information content (AvgIpc) is 2.28. The predicted molar refractivity (Wildman–Crippen MR) is 71.5 cm³/mol. The van der Waals surface area contributed by atoms with Gasteiger partial charge in [0.2, 0.25) is 0 Å². The number of hydrogen-bond acceptors (Lipinski definition) is 2. The fourth-order valence-electron chi connectivity index (χ4n) is 2.91. The van der Waals surface area contributed by atoms with E-state index in [0.717, 1.165) is 24.4 Å².